The minimum Gasteiger partial charge on any atom is -0.370 e. The van der Waals surface area contributed by atoms with Crippen molar-refractivity contribution in [2.75, 3.05) is 18.4 Å². The molecule has 1 aliphatic heterocycles. The maximum Gasteiger partial charge on any atom is 0.129 e. The maximum atomic E-state index is 4.61. The van der Waals surface area contributed by atoms with Gasteiger partial charge in [-0.05, 0) is 37.4 Å². The van der Waals surface area contributed by atoms with Gasteiger partial charge in [0.1, 0.15) is 5.82 Å². The van der Waals surface area contributed by atoms with Crippen molar-refractivity contribution < 1.29 is 0 Å². The predicted molar refractivity (Wildman–Crippen MR) is 63.0 cm³/mol. The second-order valence-corrected chi connectivity index (χ2v) is 4.02. The van der Waals surface area contributed by atoms with Gasteiger partial charge in [-0.2, -0.15) is 0 Å². The van der Waals surface area contributed by atoms with Gasteiger partial charge in [-0.1, -0.05) is 13.0 Å². The lowest BCUT2D eigenvalue weighted by Gasteiger charge is -2.17. The lowest BCUT2D eigenvalue weighted by atomic mass is 10.1. The molecule has 15 heavy (non-hydrogen) atoms. The molecule has 0 aliphatic carbocycles. The summed E-state index contributed by atoms with van der Waals surface area (Å²) >= 11 is 0. The predicted octanol–water partition coefficient (Wildman–Crippen LogP) is 1.94. The van der Waals surface area contributed by atoms with Crippen LogP contribution in [0.3, 0.4) is 0 Å². The van der Waals surface area contributed by atoms with Crippen LogP contribution < -0.4 is 10.6 Å². The van der Waals surface area contributed by atoms with Crippen molar-refractivity contribution in [1.29, 1.82) is 0 Å². The lowest BCUT2D eigenvalue weighted by molar-refractivity contribution is 0.663. The summed E-state index contributed by atoms with van der Waals surface area (Å²) < 4.78 is 0. The van der Waals surface area contributed by atoms with E-state index >= 15 is 0 Å². The molecule has 3 nitrogen and oxygen atoms in total. The number of aryl methyl sites for hydroxylation is 1. The second kappa shape index (κ2) is 5.12. The maximum absolute atomic E-state index is 4.61. The first-order chi connectivity index (χ1) is 7.40. The highest BCUT2D eigenvalue weighted by Crippen LogP contribution is 2.19. The van der Waals surface area contributed by atoms with Crippen LogP contribution in [0.15, 0.2) is 12.1 Å². The molecule has 82 valence electrons. The number of pyridine rings is 1. The van der Waals surface area contributed by atoms with E-state index in [1.807, 2.05) is 0 Å². The first-order valence-corrected chi connectivity index (χ1v) is 5.83. The Morgan fingerprint density at radius 2 is 2.40 bits per heavy atom. The van der Waals surface area contributed by atoms with E-state index in [1.54, 1.807) is 0 Å². The Kier molecular flexibility index (Phi) is 3.56. The van der Waals surface area contributed by atoms with Gasteiger partial charge >= 0.3 is 0 Å². The van der Waals surface area contributed by atoms with Crippen LogP contribution in [0.25, 0.3) is 0 Å². The summed E-state index contributed by atoms with van der Waals surface area (Å²) in [6.45, 7) is 5.18. The number of nitrogens with one attached hydrogen (secondary N) is 2. The van der Waals surface area contributed by atoms with E-state index in [2.05, 4.69) is 34.7 Å². The standard InChI is InChI=1S/C12H19N3/c1-2-7-13-9-11-6-5-10-4-3-8-14-12(10)15-11/h5-6,13H,2-4,7-9H2,1H3,(H,14,15). The Balaban J connectivity index is 2.00. The fraction of sp³-hybridized carbons (Fsp3) is 0.583. The molecule has 0 aromatic carbocycles. The summed E-state index contributed by atoms with van der Waals surface area (Å²) in [7, 11) is 0. The third-order valence-electron chi connectivity index (χ3n) is 2.68. The van der Waals surface area contributed by atoms with Gasteiger partial charge in [-0.3, -0.25) is 0 Å². The van der Waals surface area contributed by atoms with E-state index < -0.39 is 0 Å². The molecule has 2 rings (SSSR count). The van der Waals surface area contributed by atoms with Gasteiger partial charge in [0.25, 0.3) is 0 Å². The van der Waals surface area contributed by atoms with Crippen molar-refractivity contribution in [3.8, 4) is 0 Å². The highest BCUT2D eigenvalue weighted by atomic mass is 15.0. The first kappa shape index (κ1) is 10.4. The summed E-state index contributed by atoms with van der Waals surface area (Å²) in [5, 5.41) is 6.72. The van der Waals surface area contributed by atoms with Gasteiger partial charge in [-0.15, -0.1) is 0 Å². The van der Waals surface area contributed by atoms with Crippen molar-refractivity contribution >= 4 is 5.82 Å². The quantitative estimate of drug-likeness (QED) is 0.738. The molecule has 0 amide bonds. The SMILES string of the molecule is CCCNCc1ccc2c(n1)NCCC2. The summed E-state index contributed by atoms with van der Waals surface area (Å²) in [5.41, 5.74) is 2.50. The van der Waals surface area contributed by atoms with Crippen LogP contribution in [-0.2, 0) is 13.0 Å². The van der Waals surface area contributed by atoms with Crippen molar-refractivity contribution in [1.82, 2.24) is 10.3 Å². The molecule has 0 unspecified atom stereocenters. The van der Waals surface area contributed by atoms with E-state index in [0.717, 1.165) is 37.6 Å². The third kappa shape index (κ3) is 2.69. The zero-order valence-electron chi connectivity index (χ0n) is 9.34. The molecule has 1 aromatic rings. The summed E-state index contributed by atoms with van der Waals surface area (Å²) in [6, 6.07) is 4.34. The fourth-order valence-corrected chi connectivity index (χ4v) is 1.86. The first-order valence-electron chi connectivity index (χ1n) is 5.83. The number of hydrogen-bond acceptors (Lipinski definition) is 3. The van der Waals surface area contributed by atoms with Crippen molar-refractivity contribution in [2.24, 2.45) is 0 Å². The molecule has 0 atom stereocenters. The van der Waals surface area contributed by atoms with Gasteiger partial charge in [0.15, 0.2) is 0 Å². The second-order valence-electron chi connectivity index (χ2n) is 4.02. The topological polar surface area (TPSA) is 37.0 Å². The molecule has 0 bridgehead atoms. The van der Waals surface area contributed by atoms with E-state index in [4.69, 9.17) is 0 Å². The van der Waals surface area contributed by atoms with Gasteiger partial charge in [0.05, 0.1) is 5.69 Å². The van der Waals surface area contributed by atoms with Crippen LogP contribution in [0.2, 0.25) is 0 Å². The molecule has 0 spiro atoms. The molecule has 0 saturated carbocycles. The average molecular weight is 205 g/mol. The zero-order valence-corrected chi connectivity index (χ0v) is 9.34. The Bertz CT molecular complexity index is 323. The van der Waals surface area contributed by atoms with Gasteiger partial charge in [-0.25, -0.2) is 4.98 Å². The lowest BCUT2D eigenvalue weighted by Crippen LogP contribution is -2.18. The van der Waals surface area contributed by atoms with Gasteiger partial charge in [0.2, 0.25) is 0 Å². The third-order valence-corrected chi connectivity index (χ3v) is 2.68. The van der Waals surface area contributed by atoms with Gasteiger partial charge in [0, 0.05) is 13.1 Å². The van der Waals surface area contributed by atoms with E-state index in [9.17, 15) is 0 Å². The molecule has 2 N–H and O–H groups in total. The number of rotatable bonds is 4. The van der Waals surface area contributed by atoms with E-state index in [-0.39, 0.29) is 0 Å². The normalized spacial score (nSPS) is 14.5. The molecule has 0 radical (unpaired) electrons. The van der Waals surface area contributed by atoms with Crippen molar-refractivity contribution in [3.63, 3.8) is 0 Å². The Labute approximate surface area is 91.3 Å². The van der Waals surface area contributed by atoms with Crippen LogP contribution in [0.1, 0.15) is 31.0 Å². The number of nitrogens with zero attached hydrogens (tertiary/aromatic N) is 1. The van der Waals surface area contributed by atoms with Crippen LogP contribution in [-0.4, -0.2) is 18.1 Å². The molecule has 3 heteroatoms. The molecular weight excluding hydrogens is 186 g/mol. The summed E-state index contributed by atoms with van der Waals surface area (Å²) in [4.78, 5) is 4.61. The Hall–Kier alpha value is -1.09. The smallest absolute Gasteiger partial charge is 0.129 e. The van der Waals surface area contributed by atoms with E-state index in [1.165, 1.54) is 18.4 Å². The summed E-state index contributed by atoms with van der Waals surface area (Å²) in [6.07, 6.45) is 3.56. The Morgan fingerprint density at radius 1 is 1.47 bits per heavy atom. The minimum atomic E-state index is 0.878. The molecule has 1 aromatic heterocycles. The number of fused-ring (bicyclic) bond motifs is 1. The molecule has 2 heterocycles. The van der Waals surface area contributed by atoms with Crippen LogP contribution >= 0.6 is 0 Å². The molecular formula is C12H19N3. The number of aromatic nitrogens is 1. The Morgan fingerprint density at radius 3 is 3.27 bits per heavy atom. The van der Waals surface area contributed by atoms with Crippen molar-refractivity contribution in [2.45, 2.75) is 32.7 Å². The van der Waals surface area contributed by atoms with Crippen LogP contribution in [0.4, 0.5) is 5.82 Å². The average Bonchev–Trinajstić information content (AvgIpc) is 2.29. The molecule has 1 aliphatic rings. The van der Waals surface area contributed by atoms with Crippen LogP contribution in [0.5, 0.6) is 0 Å². The zero-order chi connectivity index (χ0) is 10.5. The van der Waals surface area contributed by atoms with Gasteiger partial charge < -0.3 is 10.6 Å². The highest BCUT2D eigenvalue weighted by Gasteiger charge is 2.09. The molecule has 0 fully saturated rings. The van der Waals surface area contributed by atoms with E-state index in [0.29, 0.717) is 0 Å². The minimum absolute atomic E-state index is 0.878. The fourth-order valence-electron chi connectivity index (χ4n) is 1.86. The highest BCUT2D eigenvalue weighted by molar-refractivity contribution is 5.46. The van der Waals surface area contributed by atoms with Crippen molar-refractivity contribution in [3.05, 3.63) is 23.4 Å². The molecule has 0 saturated heterocycles. The number of hydrogen-bond donors (Lipinski definition) is 2. The largest absolute Gasteiger partial charge is 0.370 e. The monoisotopic (exact) mass is 205 g/mol. The number of anilines is 1. The summed E-state index contributed by atoms with van der Waals surface area (Å²) in [5.74, 6) is 1.09. The van der Waals surface area contributed by atoms with Crippen LogP contribution in [0, 0.1) is 0 Å².